The molecule has 2 aromatic carbocycles. The van der Waals surface area contributed by atoms with Crippen LogP contribution < -0.4 is 20.1 Å². The van der Waals surface area contributed by atoms with Crippen molar-refractivity contribution < 1.29 is 18.7 Å². The second-order valence-electron chi connectivity index (χ2n) is 6.80. The van der Waals surface area contributed by atoms with E-state index >= 15 is 0 Å². The van der Waals surface area contributed by atoms with Crippen LogP contribution in [0.2, 0.25) is 0 Å². The molecule has 0 atom stereocenters. The van der Waals surface area contributed by atoms with Crippen LogP contribution >= 0.6 is 0 Å². The summed E-state index contributed by atoms with van der Waals surface area (Å²) in [4.78, 5) is 20.4. The van der Waals surface area contributed by atoms with Gasteiger partial charge in [0.25, 0.3) is 5.91 Å². The highest BCUT2D eigenvalue weighted by Crippen LogP contribution is 2.25. The Morgan fingerprint density at radius 1 is 1.09 bits per heavy atom. The van der Waals surface area contributed by atoms with Gasteiger partial charge in [-0.05, 0) is 36.4 Å². The topological polar surface area (TPSA) is 116 Å². The fourth-order valence-corrected chi connectivity index (χ4v) is 2.98. The highest BCUT2D eigenvalue weighted by molar-refractivity contribution is 5.94. The Kier molecular flexibility index (Phi) is 6.39. The molecule has 2 N–H and O–H groups in total. The number of benzene rings is 2. The standard InChI is InChI=1S/C22H20FN7O3/c1-24-21(31)14-7-15(20(23)19(8-14)32-2)11-33-18-9-25-22(26-10-18)29-16-3-5-17(6-4-16)30-12-27-28-13-30/h3-10,12-13H,11H2,1-2H3,(H,24,31)(H,25,26,29). The smallest absolute Gasteiger partial charge is 0.251 e. The average molecular weight is 449 g/mol. The number of carbonyl (C=O) groups excluding carboxylic acids is 1. The van der Waals surface area contributed by atoms with Crippen molar-refractivity contribution in [1.82, 2.24) is 30.0 Å². The number of hydrogen-bond donors (Lipinski definition) is 2. The summed E-state index contributed by atoms with van der Waals surface area (Å²) in [5.41, 5.74) is 2.14. The second-order valence-corrected chi connectivity index (χ2v) is 6.80. The molecule has 1 amide bonds. The molecule has 0 saturated heterocycles. The molecule has 33 heavy (non-hydrogen) atoms. The summed E-state index contributed by atoms with van der Waals surface area (Å²) in [5, 5.41) is 13.1. The minimum absolute atomic E-state index is 0.0409. The molecular formula is C22H20FN7O3. The fourth-order valence-electron chi connectivity index (χ4n) is 2.98. The van der Waals surface area contributed by atoms with Gasteiger partial charge in [-0.25, -0.2) is 14.4 Å². The lowest BCUT2D eigenvalue weighted by Gasteiger charge is -2.12. The van der Waals surface area contributed by atoms with E-state index in [1.54, 1.807) is 17.2 Å². The van der Waals surface area contributed by atoms with Gasteiger partial charge in [0.1, 0.15) is 19.3 Å². The van der Waals surface area contributed by atoms with Crippen molar-refractivity contribution in [1.29, 1.82) is 0 Å². The van der Waals surface area contributed by atoms with Gasteiger partial charge in [-0.3, -0.25) is 9.36 Å². The van der Waals surface area contributed by atoms with Crippen molar-refractivity contribution in [3.8, 4) is 17.2 Å². The van der Waals surface area contributed by atoms with Gasteiger partial charge in [0.05, 0.1) is 19.5 Å². The third-order valence-electron chi connectivity index (χ3n) is 4.69. The predicted molar refractivity (Wildman–Crippen MR) is 117 cm³/mol. The lowest BCUT2D eigenvalue weighted by Crippen LogP contribution is -2.18. The molecule has 0 radical (unpaired) electrons. The molecule has 2 aromatic heterocycles. The van der Waals surface area contributed by atoms with Crippen LogP contribution in [0.4, 0.5) is 16.0 Å². The van der Waals surface area contributed by atoms with E-state index in [0.29, 0.717) is 11.7 Å². The maximum absolute atomic E-state index is 14.6. The first kappa shape index (κ1) is 21.7. The van der Waals surface area contributed by atoms with Gasteiger partial charge >= 0.3 is 0 Å². The van der Waals surface area contributed by atoms with Crippen LogP contribution in [0.15, 0.2) is 61.4 Å². The molecule has 4 rings (SSSR count). The number of ether oxygens (including phenoxy) is 2. The highest BCUT2D eigenvalue weighted by Gasteiger charge is 2.15. The number of nitrogens with zero attached hydrogens (tertiary/aromatic N) is 5. The average Bonchev–Trinajstić information content (AvgIpc) is 3.39. The molecule has 0 unspecified atom stereocenters. The van der Waals surface area contributed by atoms with Crippen molar-refractivity contribution in [3.63, 3.8) is 0 Å². The number of carbonyl (C=O) groups is 1. The molecule has 0 aliphatic heterocycles. The van der Waals surface area contributed by atoms with Crippen molar-refractivity contribution in [2.75, 3.05) is 19.5 Å². The zero-order valence-electron chi connectivity index (χ0n) is 17.8. The van der Waals surface area contributed by atoms with Gasteiger partial charge in [0, 0.05) is 29.5 Å². The van der Waals surface area contributed by atoms with Crippen LogP contribution in [0.25, 0.3) is 5.69 Å². The Bertz CT molecular complexity index is 1230. The summed E-state index contributed by atoms with van der Waals surface area (Å²) < 4.78 is 27.0. The van der Waals surface area contributed by atoms with Crippen molar-refractivity contribution >= 4 is 17.5 Å². The van der Waals surface area contributed by atoms with Gasteiger partial charge in [0.2, 0.25) is 5.95 Å². The minimum Gasteiger partial charge on any atom is -0.494 e. The van der Waals surface area contributed by atoms with Crippen molar-refractivity contribution in [2.45, 2.75) is 6.61 Å². The molecule has 0 bridgehead atoms. The van der Waals surface area contributed by atoms with E-state index in [9.17, 15) is 9.18 Å². The van der Waals surface area contributed by atoms with E-state index in [4.69, 9.17) is 9.47 Å². The number of halogens is 1. The summed E-state index contributed by atoms with van der Waals surface area (Å²) in [6, 6.07) is 10.3. The maximum atomic E-state index is 14.6. The number of amides is 1. The fraction of sp³-hybridized carbons (Fsp3) is 0.136. The third kappa shape index (κ3) is 5.03. The van der Waals surface area contributed by atoms with E-state index in [0.717, 1.165) is 11.4 Å². The molecule has 0 spiro atoms. The van der Waals surface area contributed by atoms with Crippen LogP contribution in [-0.2, 0) is 6.61 Å². The Balaban J connectivity index is 1.40. The molecule has 4 aromatic rings. The van der Waals surface area contributed by atoms with E-state index in [1.165, 1.54) is 38.7 Å². The van der Waals surface area contributed by atoms with Gasteiger partial charge < -0.3 is 20.1 Å². The molecule has 0 saturated carbocycles. The summed E-state index contributed by atoms with van der Waals surface area (Å²) in [6.45, 7) is -0.131. The normalized spacial score (nSPS) is 10.5. The molecule has 10 nitrogen and oxygen atoms in total. The highest BCUT2D eigenvalue weighted by atomic mass is 19.1. The molecule has 2 heterocycles. The van der Waals surface area contributed by atoms with Crippen LogP contribution in [0.5, 0.6) is 11.5 Å². The number of hydrogen-bond acceptors (Lipinski definition) is 8. The molecule has 0 aliphatic carbocycles. The van der Waals surface area contributed by atoms with Gasteiger partial charge in [-0.2, -0.15) is 0 Å². The number of rotatable bonds is 8. The number of aromatic nitrogens is 5. The summed E-state index contributed by atoms with van der Waals surface area (Å²) in [6.07, 6.45) is 6.17. The molecule has 11 heteroatoms. The lowest BCUT2D eigenvalue weighted by molar-refractivity contribution is 0.0962. The van der Waals surface area contributed by atoms with Crippen molar-refractivity contribution in [3.05, 3.63) is 78.4 Å². The monoisotopic (exact) mass is 449 g/mol. The van der Waals surface area contributed by atoms with Crippen LogP contribution in [0.1, 0.15) is 15.9 Å². The Morgan fingerprint density at radius 2 is 1.79 bits per heavy atom. The van der Waals surface area contributed by atoms with Crippen LogP contribution in [-0.4, -0.2) is 44.8 Å². The Hall–Kier alpha value is -4.54. The first-order valence-corrected chi connectivity index (χ1v) is 9.83. The summed E-state index contributed by atoms with van der Waals surface area (Å²) in [5.74, 6) is -0.288. The Morgan fingerprint density at radius 3 is 2.42 bits per heavy atom. The minimum atomic E-state index is -0.598. The van der Waals surface area contributed by atoms with Gasteiger partial charge in [-0.1, -0.05) is 0 Å². The van der Waals surface area contributed by atoms with E-state index in [1.807, 2.05) is 24.3 Å². The molecular weight excluding hydrogens is 429 g/mol. The molecule has 0 fully saturated rings. The van der Waals surface area contributed by atoms with E-state index in [2.05, 4.69) is 30.8 Å². The van der Waals surface area contributed by atoms with Crippen molar-refractivity contribution in [2.24, 2.45) is 0 Å². The Labute approximate surface area is 188 Å². The largest absolute Gasteiger partial charge is 0.494 e. The van der Waals surface area contributed by atoms with Crippen LogP contribution in [0, 0.1) is 5.82 Å². The first-order valence-electron chi connectivity index (χ1n) is 9.83. The number of nitrogens with one attached hydrogen (secondary N) is 2. The predicted octanol–water partition coefficient (Wildman–Crippen LogP) is 2.89. The van der Waals surface area contributed by atoms with E-state index in [-0.39, 0.29) is 29.4 Å². The quantitative estimate of drug-likeness (QED) is 0.422. The van der Waals surface area contributed by atoms with Gasteiger partial charge in [-0.15, -0.1) is 10.2 Å². The molecule has 0 aliphatic rings. The SMILES string of the molecule is CNC(=O)c1cc(COc2cnc(Nc3ccc(-n4cnnc4)cc3)nc2)c(F)c(OC)c1. The van der Waals surface area contributed by atoms with Gasteiger partial charge in [0.15, 0.2) is 17.3 Å². The summed E-state index contributed by atoms with van der Waals surface area (Å²) in [7, 11) is 2.82. The number of anilines is 2. The first-order chi connectivity index (χ1) is 16.1. The zero-order valence-corrected chi connectivity index (χ0v) is 17.8. The maximum Gasteiger partial charge on any atom is 0.251 e. The number of methoxy groups -OCH3 is 1. The second kappa shape index (κ2) is 9.73. The van der Waals surface area contributed by atoms with Crippen LogP contribution in [0.3, 0.4) is 0 Å². The van der Waals surface area contributed by atoms with E-state index < -0.39 is 5.82 Å². The third-order valence-corrected chi connectivity index (χ3v) is 4.69. The molecule has 168 valence electrons. The zero-order chi connectivity index (χ0) is 23.2. The lowest BCUT2D eigenvalue weighted by atomic mass is 10.1. The summed E-state index contributed by atoms with van der Waals surface area (Å²) >= 11 is 0.